The number of nitrogens with two attached hydrogens (primary N) is 1. The van der Waals surface area contributed by atoms with Crippen molar-refractivity contribution in [2.24, 2.45) is 0 Å². The summed E-state index contributed by atoms with van der Waals surface area (Å²) in [6.07, 6.45) is -5.92. The minimum Gasteiger partial charge on any atom is -0.398 e. The summed E-state index contributed by atoms with van der Waals surface area (Å²) in [6, 6.07) is 4.35. The number of benzene rings is 1. The van der Waals surface area contributed by atoms with Crippen LogP contribution in [0, 0.1) is 0 Å². The normalized spacial score (nSPS) is 12.6. The fourth-order valence-electron chi connectivity index (χ4n) is 1.00. The molecule has 0 bridgehead atoms. The van der Waals surface area contributed by atoms with E-state index in [1.165, 1.54) is 6.07 Å². The van der Waals surface area contributed by atoms with Gasteiger partial charge >= 0.3 is 12.1 Å². The van der Waals surface area contributed by atoms with Gasteiger partial charge in [0, 0.05) is 11.3 Å². The zero-order chi connectivity index (χ0) is 12.6. The molecule has 88 valence electrons. The van der Waals surface area contributed by atoms with E-state index in [0.717, 1.165) is 18.2 Å². The third kappa shape index (κ3) is 1.98. The van der Waals surface area contributed by atoms with E-state index in [9.17, 15) is 26.7 Å². The van der Waals surface area contributed by atoms with Crippen LogP contribution in [-0.2, 0) is 0 Å². The van der Waals surface area contributed by atoms with Crippen LogP contribution in [0.15, 0.2) is 24.3 Å². The zero-order valence-electron chi connectivity index (χ0n) is 7.68. The van der Waals surface area contributed by atoms with Crippen molar-refractivity contribution in [1.82, 2.24) is 0 Å². The van der Waals surface area contributed by atoms with Crippen molar-refractivity contribution in [3.8, 4) is 0 Å². The first kappa shape index (κ1) is 12.4. The number of carbonyl (C=O) groups is 1. The summed E-state index contributed by atoms with van der Waals surface area (Å²) in [5, 5.41) is 0. The lowest BCUT2D eigenvalue weighted by atomic mass is 10.0. The molecule has 1 rings (SSSR count). The molecule has 0 aliphatic rings. The molecule has 2 N–H and O–H groups in total. The third-order valence-electron chi connectivity index (χ3n) is 1.85. The van der Waals surface area contributed by atoms with Gasteiger partial charge in [-0.05, 0) is 12.1 Å². The summed E-state index contributed by atoms with van der Waals surface area (Å²) in [4.78, 5) is 11.0. The molecule has 0 atom stereocenters. The highest BCUT2D eigenvalue weighted by atomic mass is 19.4. The molecular weight excluding hydrogens is 233 g/mol. The smallest absolute Gasteiger partial charge is 0.398 e. The maximum atomic E-state index is 12.7. The molecule has 0 saturated carbocycles. The van der Waals surface area contributed by atoms with Crippen LogP contribution >= 0.6 is 0 Å². The number of alkyl halides is 5. The highest BCUT2D eigenvalue weighted by Crippen LogP contribution is 2.38. The van der Waals surface area contributed by atoms with Gasteiger partial charge in [0.05, 0.1) is 0 Å². The monoisotopic (exact) mass is 239 g/mol. The molecule has 0 aliphatic heterocycles. The van der Waals surface area contributed by atoms with Crippen LogP contribution in [0.1, 0.15) is 10.4 Å². The second kappa shape index (κ2) is 3.73. The van der Waals surface area contributed by atoms with Crippen LogP contribution in [0.2, 0.25) is 0 Å². The maximum absolute atomic E-state index is 12.7. The minimum atomic E-state index is -5.92. The Morgan fingerprint density at radius 1 is 1.06 bits per heavy atom. The van der Waals surface area contributed by atoms with Crippen molar-refractivity contribution >= 4 is 11.5 Å². The number of halogens is 5. The Hall–Kier alpha value is -1.66. The van der Waals surface area contributed by atoms with Crippen molar-refractivity contribution in [2.45, 2.75) is 12.1 Å². The molecule has 0 fully saturated rings. The summed E-state index contributed by atoms with van der Waals surface area (Å²) < 4.78 is 61.0. The van der Waals surface area contributed by atoms with Gasteiger partial charge in [0.15, 0.2) is 0 Å². The number of hydrogen-bond acceptors (Lipinski definition) is 2. The molecule has 0 spiro atoms. The quantitative estimate of drug-likeness (QED) is 0.489. The van der Waals surface area contributed by atoms with E-state index >= 15 is 0 Å². The predicted molar refractivity (Wildman–Crippen MR) is 46.2 cm³/mol. The molecule has 16 heavy (non-hydrogen) atoms. The van der Waals surface area contributed by atoms with Crippen LogP contribution in [0.25, 0.3) is 0 Å². The molecule has 0 heterocycles. The average molecular weight is 239 g/mol. The molecule has 0 amide bonds. The van der Waals surface area contributed by atoms with Gasteiger partial charge in [-0.3, -0.25) is 4.79 Å². The Kier molecular flexibility index (Phi) is 2.89. The lowest BCUT2D eigenvalue weighted by Crippen LogP contribution is -2.44. The number of anilines is 1. The average Bonchev–Trinajstić information content (AvgIpc) is 2.15. The number of para-hydroxylation sites is 1. The zero-order valence-corrected chi connectivity index (χ0v) is 7.68. The van der Waals surface area contributed by atoms with E-state index in [2.05, 4.69) is 0 Å². The topological polar surface area (TPSA) is 43.1 Å². The lowest BCUT2D eigenvalue weighted by molar-refractivity contribution is -0.255. The Labute approximate surface area is 86.9 Å². The summed E-state index contributed by atoms with van der Waals surface area (Å²) in [5.74, 6) is -7.78. The molecule has 2 nitrogen and oxygen atoms in total. The Balaban J connectivity index is 3.18. The molecule has 0 radical (unpaired) electrons. The number of hydrogen-bond donors (Lipinski definition) is 1. The van der Waals surface area contributed by atoms with Crippen LogP contribution in [-0.4, -0.2) is 17.9 Å². The molecule has 0 saturated heterocycles. The highest BCUT2D eigenvalue weighted by molar-refractivity contribution is 6.05. The summed E-state index contributed by atoms with van der Waals surface area (Å²) in [5.41, 5.74) is 3.88. The van der Waals surface area contributed by atoms with Gasteiger partial charge in [-0.1, -0.05) is 12.1 Å². The number of Topliss-reactive ketones (excluding diaryl/α,β-unsaturated/α-hetero) is 1. The van der Waals surface area contributed by atoms with Crippen molar-refractivity contribution in [2.75, 3.05) is 5.73 Å². The van der Waals surface area contributed by atoms with Crippen LogP contribution < -0.4 is 5.73 Å². The van der Waals surface area contributed by atoms with E-state index in [0.29, 0.717) is 0 Å². The highest BCUT2D eigenvalue weighted by Gasteiger charge is 2.63. The van der Waals surface area contributed by atoms with Crippen molar-refractivity contribution in [3.63, 3.8) is 0 Å². The largest absolute Gasteiger partial charge is 0.461 e. The first-order valence-corrected chi connectivity index (χ1v) is 4.02. The molecule has 1 aromatic rings. The van der Waals surface area contributed by atoms with Gasteiger partial charge in [0.1, 0.15) is 0 Å². The second-order valence-electron chi connectivity index (χ2n) is 2.99. The van der Waals surface area contributed by atoms with Gasteiger partial charge in [-0.25, -0.2) is 0 Å². The first-order chi connectivity index (χ1) is 7.18. The van der Waals surface area contributed by atoms with Crippen molar-refractivity contribution < 1.29 is 26.7 Å². The molecular formula is C9H6F5NO. The van der Waals surface area contributed by atoms with Gasteiger partial charge in [0.25, 0.3) is 0 Å². The molecule has 7 heteroatoms. The SMILES string of the molecule is Nc1ccccc1C(=O)C(F)(F)C(F)(F)F. The molecule has 1 aromatic carbocycles. The molecule has 0 unspecified atom stereocenters. The molecule has 0 aliphatic carbocycles. The van der Waals surface area contributed by atoms with E-state index in [4.69, 9.17) is 5.73 Å². The van der Waals surface area contributed by atoms with E-state index in [1.54, 1.807) is 0 Å². The van der Waals surface area contributed by atoms with E-state index < -0.39 is 29.1 Å². The van der Waals surface area contributed by atoms with Crippen molar-refractivity contribution in [1.29, 1.82) is 0 Å². The van der Waals surface area contributed by atoms with Crippen LogP contribution in [0.5, 0.6) is 0 Å². The number of ketones is 1. The van der Waals surface area contributed by atoms with Crippen LogP contribution in [0.3, 0.4) is 0 Å². The predicted octanol–water partition coefficient (Wildman–Crippen LogP) is 2.65. The lowest BCUT2D eigenvalue weighted by Gasteiger charge is -2.18. The van der Waals surface area contributed by atoms with Crippen LogP contribution in [0.4, 0.5) is 27.6 Å². The van der Waals surface area contributed by atoms with E-state index in [-0.39, 0.29) is 0 Å². The number of rotatable bonds is 2. The summed E-state index contributed by atoms with van der Waals surface area (Å²) >= 11 is 0. The number of carbonyl (C=O) groups excluding carboxylic acids is 1. The standard InChI is InChI=1S/C9H6F5NO/c10-8(11,9(12,13)14)7(16)5-3-1-2-4-6(5)15/h1-4H,15H2. The summed E-state index contributed by atoms with van der Waals surface area (Å²) in [6.45, 7) is 0. The summed E-state index contributed by atoms with van der Waals surface area (Å²) in [7, 11) is 0. The minimum absolute atomic E-state index is 0.420. The third-order valence-corrected chi connectivity index (χ3v) is 1.85. The van der Waals surface area contributed by atoms with Gasteiger partial charge in [-0.15, -0.1) is 0 Å². The Morgan fingerprint density at radius 2 is 1.56 bits per heavy atom. The Morgan fingerprint density at radius 3 is 2.00 bits per heavy atom. The van der Waals surface area contributed by atoms with Gasteiger partial charge < -0.3 is 5.73 Å². The maximum Gasteiger partial charge on any atom is 0.461 e. The Bertz CT molecular complexity index is 413. The fourth-order valence-corrected chi connectivity index (χ4v) is 1.00. The first-order valence-electron chi connectivity index (χ1n) is 4.02. The number of nitrogen functional groups attached to an aromatic ring is 1. The van der Waals surface area contributed by atoms with Gasteiger partial charge in [-0.2, -0.15) is 22.0 Å². The molecule has 0 aromatic heterocycles. The second-order valence-corrected chi connectivity index (χ2v) is 2.99. The van der Waals surface area contributed by atoms with E-state index in [1.807, 2.05) is 0 Å². The fraction of sp³-hybridized carbons (Fsp3) is 0.222. The van der Waals surface area contributed by atoms with Crippen molar-refractivity contribution in [3.05, 3.63) is 29.8 Å². The van der Waals surface area contributed by atoms with Gasteiger partial charge in [0.2, 0.25) is 5.78 Å².